The molecule has 1 N–H and O–H groups in total. The van der Waals surface area contributed by atoms with Gasteiger partial charge in [0.1, 0.15) is 0 Å². The summed E-state index contributed by atoms with van der Waals surface area (Å²) in [7, 11) is 1.89. The molecule has 2 unspecified atom stereocenters. The van der Waals surface area contributed by atoms with E-state index in [9.17, 15) is 4.79 Å². The lowest BCUT2D eigenvalue weighted by molar-refractivity contribution is -0.136. The van der Waals surface area contributed by atoms with Gasteiger partial charge in [0, 0.05) is 46.4 Å². The Labute approximate surface area is 109 Å². The number of rotatable bonds is 4. The highest BCUT2D eigenvalue weighted by molar-refractivity contribution is 5.81. The molecule has 0 aliphatic carbocycles. The van der Waals surface area contributed by atoms with Crippen molar-refractivity contribution >= 4 is 5.91 Å². The van der Waals surface area contributed by atoms with E-state index in [0.29, 0.717) is 0 Å². The Kier molecular flexibility index (Phi) is 4.97. The smallest absolute Gasteiger partial charge is 0.239 e. The van der Waals surface area contributed by atoms with Gasteiger partial charge in [-0.05, 0) is 19.8 Å². The van der Waals surface area contributed by atoms with Crippen molar-refractivity contribution in [1.29, 1.82) is 0 Å². The van der Waals surface area contributed by atoms with Gasteiger partial charge in [-0.3, -0.25) is 9.69 Å². The van der Waals surface area contributed by atoms with Crippen LogP contribution in [-0.2, 0) is 9.53 Å². The largest absolute Gasteiger partial charge is 0.376 e. The Bertz CT molecular complexity index is 273. The highest BCUT2D eigenvalue weighted by Crippen LogP contribution is 2.14. The van der Waals surface area contributed by atoms with Gasteiger partial charge >= 0.3 is 0 Å². The number of carbonyl (C=O) groups is 1. The Hall–Kier alpha value is -0.650. The number of carbonyl (C=O) groups excluding carboxylic acids is 1. The second kappa shape index (κ2) is 6.50. The van der Waals surface area contributed by atoms with Crippen LogP contribution in [0.1, 0.15) is 19.8 Å². The van der Waals surface area contributed by atoms with E-state index in [1.165, 1.54) is 0 Å². The second-order valence-corrected chi connectivity index (χ2v) is 5.32. The van der Waals surface area contributed by atoms with E-state index in [1.807, 2.05) is 18.9 Å². The van der Waals surface area contributed by atoms with Gasteiger partial charge in [-0.25, -0.2) is 0 Å². The predicted octanol–water partition coefficient (Wildman–Crippen LogP) is -0.0825. The maximum atomic E-state index is 12.3. The summed E-state index contributed by atoms with van der Waals surface area (Å²) in [5.41, 5.74) is 0. The maximum absolute atomic E-state index is 12.3. The first-order valence-corrected chi connectivity index (χ1v) is 7.00. The molecule has 2 heterocycles. The summed E-state index contributed by atoms with van der Waals surface area (Å²) in [6.45, 7) is 7.47. The lowest BCUT2D eigenvalue weighted by Gasteiger charge is -2.34. The van der Waals surface area contributed by atoms with Crippen molar-refractivity contribution in [2.24, 2.45) is 0 Å². The number of nitrogens with zero attached hydrogens (tertiary/aromatic N) is 2. The topological polar surface area (TPSA) is 44.8 Å². The standard InChI is InChI=1S/C13H25N3O2/c1-11(16-7-5-14-6-8-16)13(17)15(2)10-12-4-3-9-18-12/h11-12,14H,3-10H2,1-2H3. The van der Waals surface area contributed by atoms with Crippen molar-refractivity contribution in [2.45, 2.75) is 31.9 Å². The van der Waals surface area contributed by atoms with Crippen LogP contribution >= 0.6 is 0 Å². The number of nitrogens with one attached hydrogen (secondary N) is 1. The van der Waals surface area contributed by atoms with Crippen molar-refractivity contribution in [1.82, 2.24) is 15.1 Å². The van der Waals surface area contributed by atoms with Crippen LogP contribution in [0.3, 0.4) is 0 Å². The minimum atomic E-state index is -0.0153. The first kappa shape index (κ1) is 13.8. The van der Waals surface area contributed by atoms with Gasteiger partial charge in [0.25, 0.3) is 0 Å². The molecule has 18 heavy (non-hydrogen) atoms. The number of likely N-dealkylation sites (N-methyl/N-ethyl adjacent to an activating group) is 1. The summed E-state index contributed by atoms with van der Waals surface area (Å²) < 4.78 is 5.58. The summed E-state index contributed by atoms with van der Waals surface area (Å²) in [5.74, 6) is 0.215. The molecule has 2 fully saturated rings. The molecule has 1 amide bonds. The first-order chi connectivity index (χ1) is 8.68. The zero-order valence-electron chi connectivity index (χ0n) is 11.5. The highest BCUT2D eigenvalue weighted by atomic mass is 16.5. The van der Waals surface area contributed by atoms with E-state index in [2.05, 4.69) is 10.2 Å². The average molecular weight is 255 g/mol. The monoisotopic (exact) mass is 255 g/mol. The van der Waals surface area contributed by atoms with Gasteiger partial charge in [0.05, 0.1) is 12.1 Å². The van der Waals surface area contributed by atoms with Crippen molar-refractivity contribution in [2.75, 3.05) is 46.4 Å². The van der Waals surface area contributed by atoms with Crippen LogP contribution in [0.2, 0.25) is 0 Å². The number of hydrogen-bond donors (Lipinski definition) is 1. The van der Waals surface area contributed by atoms with Crippen LogP contribution in [0.25, 0.3) is 0 Å². The summed E-state index contributed by atoms with van der Waals surface area (Å²) in [6.07, 6.45) is 2.45. The number of ether oxygens (including phenoxy) is 1. The van der Waals surface area contributed by atoms with Crippen LogP contribution < -0.4 is 5.32 Å². The molecule has 0 aromatic heterocycles. The van der Waals surface area contributed by atoms with E-state index >= 15 is 0 Å². The minimum absolute atomic E-state index is 0.0153. The fourth-order valence-corrected chi connectivity index (χ4v) is 2.73. The molecule has 0 bridgehead atoms. The maximum Gasteiger partial charge on any atom is 0.239 e. The van der Waals surface area contributed by atoms with Crippen molar-refractivity contribution in [3.63, 3.8) is 0 Å². The third-order valence-electron chi connectivity index (χ3n) is 3.93. The number of piperazine rings is 1. The number of amides is 1. The Morgan fingerprint density at radius 1 is 1.50 bits per heavy atom. The van der Waals surface area contributed by atoms with E-state index in [1.54, 1.807) is 0 Å². The molecular weight excluding hydrogens is 230 g/mol. The first-order valence-electron chi connectivity index (χ1n) is 7.00. The molecule has 0 aromatic rings. The van der Waals surface area contributed by atoms with Crippen LogP contribution in [0.5, 0.6) is 0 Å². The SMILES string of the molecule is CC(C(=O)N(C)CC1CCCO1)N1CCNCC1. The van der Waals surface area contributed by atoms with Gasteiger partial charge in [-0.2, -0.15) is 0 Å². The summed E-state index contributed by atoms with van der Waals surface area (Å²) in [6, 6.07) is -0.0153. The quantitative estimate of drug-likeness (QED) is 0.763. The molecule has 2 atom stereocenters. The molecule has 0 aromatic carbocycles. The Balaban J connectivity index is 1.80. The van der Waals surface area contributed by atoms with E-state index in [-0.39, 0.29) is 18.1 Å². The number of hydrogen-bond acceptors (Lipinski definition) is 4. The second-order valence-electron chi connectivity index (χ2n) is 5.32. The lowest BCUT2D eigenvalue weighted by Crippen LogP contribution is -2.53. The summed E-state index contributed by atoms with van der Waals surface area (Å²) >= 11 is 0. The normalized spacial score (nSPS) is 27.1. The average Bonchev–Trinajstić information content (AvgIpc) is 2.91. The van der Waals surface area contributed by atoms with Crippen LogP contribution in [0, 0.1) is 0 Å². The zero-order chi connectivity index (χ0) is 13.0. The van der Waals surface area contributed by atoms with Crippen molar-refractivity contribution < 1.29 is 9.53 Å². The molecule has 0 spiro atoms. The lowest BCUT2D eigenvalue weighted by atomic mass is 10.2. The molecular formula is C13H25N3O2. The molecule has 0 saturated carbocycles. The fourth-order valence-electron chi connectivity index (χ4n) is 2.73. The Morgan fingerprint density at radius 3 is 2.83 bits per heavy atom. The third-order valence-corrected chi connectivity index (χ3v) is 3.93. The molecule has 5 heteroatoms. The molecule has 0 radical (unpaired) electrons. The van der Waals surface area contributed by atoms with Gasteiger partial charge < -0.3 is 15.0 Å². The van der Waals surface area contributed by atoms with Crippen molar-refractivity contribution in [3.05, 3.63) is 0 Å². The molecule has 104 valence electrons. The van der Waals surface area contributed by atoms with Gasteiger partial charge in [-0.15, -0.1) is 0 Å². The van der Waals surface area contributed by atoms with Crippen LogP contribution in [0.15, 0.2) is 0 Å². The van der Waals surface area contributed by atoms with Crippen LogP contribution in [0.4, 0.5) is 0 Å². The Morgan fingerprint density at radius 2 is 2.22 bits per heavy atom. The third kappa shape index (κ3) is 3.43. The minimum Gasteiger partial charge on any atom is -0.376 e. The molecule has 5 nitrogen and oxygen atoms in total. The van der Waals surface area contributed by atoms with E-state index in [4.69, 9.17) is 4.74 Å². The van der Waals surface area contributed by atoms with Crippen molar-refractivity contribution in [3.8, 4) is 0 Å². The van der Waals surface area contributed by atoms with Gasteiger partial charge in [0.15, 0.2) is 0 Å². The fraction of sp³-hybridized carbons (Fsp3) is 0.923. The molecule has 2 aliphatic heterocycles. The predicted molar refractivity (Wildman–Crippen MR) is 70.5 cm³/mol. The van der Waals surface area contributed by atoms with Gasteiger partial charge in [0.2, 0.25) is 5.91 Å². The van der Waals surface area contributed by atoms with E-state index < -0.39 is 0 Å². The molecule has 2 saturated heterocycles. The van der Waals surface area contributed by atoms with Crippen LogP contribution in [-0.4, -0.2) is 74.2 Å². The van der Waals surface area contributed by atoms with Gasteiger partial charge in [-0.1, -0.05) is 0 Å². The zero-order valence-corrected chi connectivity index (χ0v) is 11.5. The summed E-state index contributed by atoms with van der Waals surface area (Å²) in [4.78, 5) is 16.4. The van der Waals surface area contributed by atoms with E-state index in [0.717, 1.165) is 52.2 Å². The molecule has 2 rings (SSSR count). The highest BCUT2D eigenvalue weighted by Gasteiger charge is 2.27. The molecule has 2 aliphatic rings. The summed E-state index contributed by atoms with van der Waals surface area (Å²) in [5, 5.41) is 3.31.